The number of amides is 1. The Kier molecular flexibility index (Phi) is 5.86. The number of rotatable bonds is 4. The minimum absolute atomic E-state index is 0.132. The lowest BCUT2D eigenvalue weighted by molar-refractivity contribution is -0.128. The smallest absolute Gasteiger partial charge is 0.246 e. The van der Waals surface area contributed by atoms with E-state index in [1.165, 1.54) is 0 Å². The van der Waals surface area contributed by atoms with Gasteiger partial charge in [0.05, 0.1) is 0 Å². The van der Waals surface area contributed by atoms with Gasteiger partial charge in [-0.1, -0.05) is 18.2 Å². The van der Waals surface area contributed by atoms with Crippen LogP contribution in [0.4, 0.5) is 0 Å². The summed E-state index contributed by atoms with van der Waals surface area (Å²) in [7, 11) is 0. The third-order valence-corrected chi connectivity index (χ3v) is 2.92. The monoisotopic (exact) mass is 222 g/mol. The lowest BCUT2D eigenvalue weighted by Gasteiger charge is -2.33. The van der Waals surface area contributed by atoms with Crippen LogP contribution in [0.2, 0.25) is 0 Å². The van der Waals surface area contributed by atoms with Gasteiger partial charge in [0, 0.05) is 18.7 Å². The molecule has 1 heterocycles. The van der Waals surface area contributed by atoms with Crippen LogP contribution in [0.15, 0.2) is 24.3 Å². The summed E-state index contributed by atoms with van der Waals surface area (Å²) in [5, 5.41) is 3.32. The first-order valence-electron chi connectivity index (χ1n) is 6.10. The van der Waals surface area contributed by atoms with Gasteiger partial charge in [-0.15, -0.1) is 0 Å². The first-order chi connectivity index (χ1) is 7.79. The van der Waals surface area contributed by atoms with Crippen LogP contribution in [0.25, 0.3) is 0 Å². The first kappa shape index (κ1) is 13.0. The molecule has 0 unspecified atom stereocenters. The van der Waals surface area contributed by atoms with Crippen LogP contribution >= 0.6 is 0 Å². The van der Waals surface area contributed by atoms with Crippen molar-refractivity contribution in [3.05, 3.63) is 24.3 Å². The quantitative estimate of drug-likeness (QED) is 0.580. The fourth-order valence-corrected chi connectivity index (χ4v) is 2.06. The van der Waals surface area contributed by atoms with Gasteiger partial charge in [-0.3, -0.25) is 4.79 Å². The number of likely N-dealkylation sites (N-methyl/N-ethyl adjacent to an activating group) is 1. The lowest BCUT2D eigenvalue weighted by Crippen LogP contribution is -2.45. The Morgan fingerprint density at radius 1 is 1.38 bits per heavy atom. The molecule has 1 saturated heterocycles. The predicted octanol–water partition coefficient (Wildman–Crippen LogP) is 1.72. The zero-order valence-electron chi connectivity index (χ0n) is 10.3. The summed E-state index contributed by atoms with van der Waals surface area (Å²) in [6, 6.07) is 0.411. The van der Waals surface area contributed by atoms with Crippen molar-refractivity contribution in [3.63, 3.8) is 0 Å². The number of hydrogen-bond acceptors (Lipinski definition) is 2. The summed E-state index contributed by atoms with van der Waals surface area (Å²) in [5.41, 5.74) is 0. The van der Waals surface area contributed by atoms with E-state index in [2.05, 4.69) is 5.32 Å². The Balaban J connectivity index is 2.54. The third kappa shape index (κ3) is 3.81. The Labute approximate surface area is 98.2 Å². The van der Waals surface area contributed by atoms with Crippen LogP contribution in [0.1, 0.15) is 26.7 Å². The van der Waals surface area contributed by atoms with Gasteiger partial charge < -0.3 is 10.2 Å². The maximum absolute atomic E-state index is 11.9. The number of carbonyl (C=O) groups is 1. The highest BCUT2D eigenvalue weighted by Crippen LogP contribution is 2.12. The minimum atomic E-state index is 0.132. The van der Waals surface area contributed by atoms with Gasteiger partial charge in [0.25, 0.3) is 0 Å². The Morgan fingerprint density at radius 3 is 2.62 bits per heavy atom. The summed E-state index contributed by atoms with van der Waals surface area (Å²) in [4.78, 5) is 13.9. The summed E-state index contributed by atoms with van der Waals surface area (Å²) < 4.78 is 0. The molecule has 0 atom stereocenters. The highest BCUT2D eigenvalue weighted by atomic mass is 16.2. The van der Waals surface area contributed by atoms with E-state index in [1.54, 1.807) is 6.08 Å². The minimum Gasteiger partial charge on any atom is -0.336 e. The lowest BCUT2D eigenvalue weighted by atomic mass is 10.0. The molecule has 1 rings (SSSR count). The van der Waals surface area contributed by atoms with Gasteiger partial charge in [0.1, 0.15) is 0 Å². The number of piperidine rings is 1. The van der Waals surface area contributed by atoms with Crippen LogP contribution < -0.4 is 5.32 Å². The number of allylic oxidation sites excluding steroid dienone is 3. The van der Waals surface area contributed by atoms with Crippen molar-refractivity contribution in [1.29, 1.82) is 0 Å². The topological polar surface area (TPSA) is 32.3 Å². The molecule has 0 aromatic heterocycles. The molecule has 3 heteroatoms. The third-order valence-electron chi connectivity index (χ3n) is 2.92. The predicted molar refractivity (Wildman–Crippen MR) is 67.2 cm³/mol. The summed E-state index contributed by atoms with van der Waals surface area (Å²) in [6.07, 6.45) is 9.41. The molecule has 0 spiro atoms. The molecule has 90 valence electrons. The molecule has 1 fully saturated rings. The van der Waals surface area contributed by atoms with Gasteiger partial charge in [-0.2, -0.15) is 0 Å². The molecule has 0 bridgehead atoms. The van der Waals surface area contributed by atoms with E-state index >= 15 is 0 Å². The van der Waals surface area contributed by atoms with E-state index in [9.17, 15) is 4.79 Å². The molecule has 1 amide bonds. The molecule has 16 heavy (non-hydrogen) atoms. The Morgan fingerprint density at radius 2 is 2.06 bits per heavy atom. The van der Waals surface area contributed by atoms with E-state index in [4.69, 9.17) is 0 Å². The highest BCUT2D eigenvalue weighted by molar-refractivity contribution is 5.88. The van der Waals surface area contributed by atoms with Crippen LogP contribution in [-0.4, -0.2) is 36.5 Å². The molecular weight excluding hydrogens is 200 g/mol. The number of carbonyl (C=O) groups excluding carboxylic acids is 1. The second-order valence-corrected chi connectivity index (χ2v) is 3.99. The standard InChI is InChI=1S/C13H22N2O/c1-3-5-6-7-13(16)15(4-2)12-8-10-14-11-9-12/h3,5-7,12,14H,4,8-11H2,1-2H3/b5-3+,7-6+. The summed E-state index contributed by atoms with van der Waals surface area (Å²) >= 11 is 0. The molecule has 1 N–H and O–H groups in total. The largest absolute Gasteiger partial charge is 0.336 e. The summed E-state index contributed by atoms with van der Waals surface area (Å²) in [6.45, 7) is 6.83. The fraction of sp³-hybridized carbons (Fsp3) is 0.615. The van der Waals surface area contributed by atoms with E-state index in [1.807, 2.05) is 37.0 Å². The van der Waals surface area contributed by atoms with Gasteiger partial charge in [-0.05, 0) is 39.8 Å². The van der Waals surface area contributed by atoms with E-state index in [0.29, 0.717) is 6.04 Å². The van der Waals surface area contributed by atoms with Crippen molar-refractivity contribution >= 4 is 5.91 Å². The van der Waals surface area contributed by atoms with Crippen molar-refractivity contribution in [3.8, 4) is 0 Å². The van der Waals surface area contributed by atoms with Gasteiger partial charge in [-0.25, -0.2) is 0 Å². The molecular formula is C13H22N2O. The molecule has 1 aliphatic rings. The molecule has 0 radical (unpaired) electrons. The van der Waals surface area contributed by atoms with Gasteiger partial charge >= 0.3 is 0 Å². The average molecular weight is 222 g/mol. The molecule has 0 aromatic rings. The number of hydrogen-bond donors (Lipinski definition) is 1. The summed E-state index contributed by atoms with van der Waals surface area (Å²) in [5.74, 6) is 0.132. The van der Waals surface area contributed by atoms with E-state index < -0.39 is 0 Å². The SMILES string of the molecule is C/C=C/C=C/C(=O)N(CC)C1CCNCC1. The Bertz CT molecular complexity index is 265. The van der Waals surface area contributed by atoms with Gasteiger partial charge in [0.15, 0.2) is 0 Å². The molecule has 0 aromatic carbocycles. The van der Waals surface area contributed by atoms with E-state index in [0.717, 1.165) is 32.5 Å². The maximum Gasteiger partial charge on any atom is 0.246 e. The van der Waals surface area contributed by atoms with Crippen LogP contribution in [0.3, 0.4) is 0 Å². The second kappa shape index (κ2) is 7.23. The highest BCUT2D eigenvalue weighted by Gasteiger charge is 2.22. The normalized spacial score (nSPS) is 18.4. The second-order valence-electron chi connectivity index (χ2n) is 3.99. The zero-order valence-corrected chi connectivity index (χ0v) is 10.3. The van der Waals surface area contributed by atoms with Crippen molar-refractivity contribution in [1.82, 2.24) is 10.2 Å². The van der Waals surface area contributed by atoms with Crippen molar-refractivity contribution in [2.75, 3.05) is 19.6 Å². The molecule has 0 aliphatic carbocycles. The number of nitrogens with one attached hydrogen (secondary N) is 1. The molecule has 3 nitrogen and oxygen atoms in total. The van der Waals surface area contributed by atoms with Gasteiger partial charge in [0.2, 0.25) is 5.91 Å². The zero-order chi connectivity index (χ0) is 11.8. The Hall–Kier alpha value is -1.09. The average Bonchev–Trinajstić information content (AvgIpc) is 2.32. The fourth-order valence-electron chi connectivity index (χ4n) is 2.06. The maximum atomic E-state index is 11.9. The van der Waals surface area contributed by atoms with Crippen molar-refractivity contribution in [2.45, 2.75) is 32.7 Å². The first-order valence-corrected chi connectivity index (χ1v) is 6.10. The molecule has 1 aliphatic heterocycles. The van der Waals surface area contributed by atoms with Crippen LogP contribution in [0, 0.1) is 0 Å². The van der Waals surface area contributed by atoms with E-state index in [-0.39, 0.29) is 5.91 Å². The van der Waals surface area contributed by atoms with Crippen molar-refractivity contribution in [2.24, 2.45) is 0 Å². The van der Waals surface area contributed by atoms with Crippen LogP contribution in [-0.2, 0) is 4.79 Å². The number of nitrogens with zero attached hydrogens (tertiary/aromatic N) is 1. The van der Waals surface area contributed by atoms with Crippen molar-refractivity contribution < 1.29 is 4.79 Å². The van der Waals surface area contributed by atoms with Crippen LogP contribution in [0.5, 0.6) is 0 Å². The molecule has 0 saturated carbocycles.